The van der Waals surface area contributed by atoms with Crippen molar-refractivity contribution >= 4 is 29.1 Å². The van der Waals surface area contributed by atoms with Gasteiger partial charge in [0.05, 0.1) is 39.4 Å². The smallest absolute Gasteiger partial charge is 0.307 e. The molecule has 0 bridgehead atoms. The van der Waals surface area contributed by atoms with Gasteiger partial charge in [0.15, 0.2) is 0 Å². The summed E-state index contributed by atoms with van der Waals surface area (Å²) in [5.74, 6) is -2.32. The van der Waals surface area contributed by atoms with Crippen molar-refractivity contribution in [2.45, 2.75) is 12.5 Å². The van der Waals surface area contributed by atoms with Gasteiger partial charge in [-0.2, -0.15) is 0 Å². The van der Waals surface area contributed by atoms with Crippen molar-refractivity contribution < 1.29 is 38.8 Å². The third kappa shape index (κ3) is 4.58. The molecular weight excluding hydrogens is 478 g/mol. The summed E-state index contributed by atoms with van der Waals surface area (Å²) >= 11 is 0. The number of amides is 1. The second kappa shape index (κ2) is 10.4. The number of rotatable bonds is 8. The van der Waals surface area contributed by atoms with Crippen molar-refractivity contribution in [3.05, 3.63) is 89.0 Å². The number of Topliss-reactive ketones (excluding diaryl/α,β-unsaturated/α-hetero) is 1. The minimum absolute atomic E-state index is 0.127. The summed E-state index contributed by atoms with van der Waals surface area (Å²) in [5.41, 5.74) is 1.29. The molecule has 0 spiro atoms. The Morgan fingerprint density at radius 2 is 1.38 bits per heavy atom. The van der Waals surface area contributed by atoms with Crippen molar-refractivity contribution in [3.63, 3.8) is 0 Å². The predicted octanol–water partition coefficient (Wildman–Crippen LogP) is 3.97. The maximum atomic E-state index is 13.5. The number of ketones is 1. The van der Waals surface area contributed by atoms with Crippen LogP contribution in [0.25, 0.3) is 5.76 Å². The van der Waals surface area contributed by atoms with Crippen LogP contribution in [0.4, 0.5) is 5.69 Å². The fraction of sp³-hybridized carbons (Fsp3) is 0.179. The molecule has 1 saturated heterocycles. The van der Waals surface area contributed by atoms with E-state index in [1.165, 1.54) is 26.2 Å². The van der Waals surface area contributed by atoms with E-state index in [4.69, 9.17) is 19.3 Å². The molecule has 0 saturated carbocycles. The lowest BCUT2D eigenvalue weighted by Gasteiger charge is -2.27. The van der Waals surface area contributed by atoms with E-state index < -0.39 is 29.5 Å². The van der Waals surface area contributed by atoms with E-state index in [1.54, 1.807) is 66.7 Å². The van der Waals surface area contributed by atoms with Gasteiger partial charge in [0.1, 0.15) is 28.6 Å². The molecule has 1 unspecified atom stereocenters. The van der Waals surface area contributed by atoms with Gasteiger partial charge in [-0.05, 0) is 35.9 Å². The fourth-order valence-corrected chi connectivity index (χ4v) is 4.45. The first kappa shape index (κ1) is 25.3. The predicted molar refractivity (Wildman–Crippen MR) is 135 cm³/mol. The Balaban J connectivity index is 1.98. The normalized spacial score (nSPS) is 16.5. The summed E-state index contributed by atoms with van der Waals surface area (Å²) in [6.07, 6.45) is -0.192. The maximum absolute atomic E-state index is 13.5. The molecule has 1 amide bonds. The number of para-hydroxylation sites is 1. The maximum Gasteiger partial charge on any atom is 0.307 e. The topological polar surface area (TPSA) is 123 Å². The van der Waals surface area contributed by atoms with Gasteiger partial charge in [0.2, 0.25) is 0 Å². The van der Waals surface area contributed by atoms with Crippen molar-refractivity contribution in [2.24, 2.45) is 0 Å². The molecule has 0 radical (unpaired) electrons. The van der Waals surface area contributed by atoms with E-state index >= 15 is 0 Å². The van der Waals surface area contributed by atoms with Crippen LogP contribution in [0.15, 0.2) is 72.3 Å². The highest BCUT2D eigenvalue weighted by Gasteiger charge is 2.48. The number of aliphatic carboxylic acids is 1. The third-order valence-electron chi connectivity index (χ3n) is 6.11. The third-order valence-corrected chi connectivity index (χ3v) is 6.11. The lowest BCUT2D eigenvalue weighted by Crippen LogP contribution is -2.29. The molecule has 0 aliphatic carbocycles. The molecule has 37 heavy (non-hydrogen) atoms. The molecular formula is C28H25NO8. The molecule has 9 heteroatoms. The van der Waals surface area contributed by atoms with Crippen LogP contribution in [0.2, 0.25) is 0 Å². The second-order valence-electron chi connectivity index (χ2n) is 8.19. The highest BCUT2D eigenvalue weighted by atomic mass is 16.5. The first-order chi connectivity index (χ1) is 17.8. The summed E-state index contributed by atoms with van der Waals surface area (Å²) < 4.78 is 16.4. The number of carbonyl (C=O) groups is 3. The van der Waals surface area contributed by atoms with Crippen molar-refractivity contribution in [3.8, 4) is 17.2 Å². The summed E-state index contributed by atoms with van der Waals surface area (Å²) in [5, 5.41) is 20.6. The fourth-order valence-electron chi connectivity index (χ4n) is 4.45. The Morgan fingerprint density at radius 1 is 0.811 bits per heavy atom. The van der Waals surface area contributed by atoms with Crippen LogP contribution in [0.5, 0.6) is 17.2 Å². The molecule has 0 aromatic heterocycles. The van der Waals surface area contributed by atoms with Gasteiger partial charge in [-0.25, -0.2) is 0 Å². The lowest BCUT2D eigenvalue weighted by atomic mass is 9.93. The van der Waals surface area contributed by atoms with Crippen LogP contribution in [-0.4, -0.2) is 49.2 Å². The lowest BCUT2D eigenvalue weighted by molar-refractivity contribution is -0.136. The van der Waals surface area contributed by atoms with Crippen LogP contribution in [0.1, 0.15) is 22.7 Å². The molecule has 3 aromatic carbocycles. The van der Waals surface area contributed by atoms with Crippen molar-refractivity contribution in [1.82, 2.24) is 0 Å². The zero-order chi connectivity index (χ0) is 26.7. The molecule has 3 aromatic rings. The molecule has 2 N–H and O–H groups in total. The number of nitrogens with zero attached hydrogens (tertiary/aromatic N) is 1. The molecule has 1 atom stereocenters. The first-order valence-electron chi connectivity index (χ1n) is 11.3. The number of ether oxygens (including phenoxy) is 3. The molecule has 1 heterocycles. The van der Waals surface area contributed by atoms with Gasteiger partial charge < -0.3 is 24.4 Å². The Hall–Kier alpha value is -4.79. The number of hydrogen-bond acceptors (Lipinski definition) is 7. The van der Waals surface area contributed by atoms with E-state index in [0.29, 0.717) is 22.6 Å². The van der Waals surface area contributed by atoms with Crippen LogP contribution in [-0.2, 0) is 20.8 Å². The average molecular weight is 504 g/mol. The largest absolute Gasteiger partial charge is 0.506 e. The number of aliphatic hydroxyl groups is 1. The van der Waals surface area contributed by atoms with Gasteiger partial charge in [-0.3, -0.25) is 19.3 Å². The number of carbonyl (C=O) groups excluding carboxylic acids is 2. The average Bonchev–Trinajstić information content (AvgIpc) is 3.17. The summed E-state index contributed by atoms with van der Waals surface area (Å²) in [6, 6.07) is 17.0. The Kier molecular flexibility index (Phi) is 7.15. The number of methoxy groups -OCH3 is 3. The van der Waals surface area contributed by atoms with Gasteiger partial charge in [-0.15, -0.1) is 0 Å². The van der Waals surface area contributed by atoms with Crippen molar-refractivity contribution in [2.75, 3.05) is 26.2 Å². The monoisotopic (exact) mass is 503 g/mol. The molecule has 190 valence electrons. The Morgan fingerprint density at radius 3 is 1.95 bits per heavy atom. The summed E-state index contributed by atoms with van der Waals surface area (Å²) in [6.45, 7) is 0. The zero-order valence-electron chi connectivity index (χ0n) is 20.4. The number of aliphatic hydroxyl groups excluding tert-OH is 1. The van der Waals surface area contributed by atoms with Gasteiger partial charge in [0.25, 0.3) is 11.7 Å². The number of carboxylic acid groups (broad SMARTS) is 1. The molecule has 4 rings (SSSR count). The quantitative estimate of drug-likeness (QED) is 0.269. The van der Waals surface area contributed by atoms with Crippen LogP contribution < -0.4 is 19.1 Å². The van der Waals surface area contributed by atoms with E-state index in [9.17, 15) is 19.5 Å². The highest BCUT2D eigenvalue weighted by Crippen LogP contribution is 2.47. The molecule has 9 nitrogen and oxygen atoms in total. The first-order valence-corrected chi connectivity index (χ1v) is 11.3. The zero-order valence-corrected chi connectivity index (χ0v) is 20.4. The number of hydrogen-bond donors (Lipinski definition) is 2. The van der Waals surface area contributed by atoms with E-state index in [0.717, 1.165) is 0 Å². The van der Waals surface area contributed by atoms with Crippen LogP contribution >= 0.6 is 0 Å². The SMILES string of the molecule is COc1ccccc1C1/C(=C(\O)c2c(OC)cccc2OC)C(=O)C(=O)N1c1ccc(CC(=O)O)cc1. The Labute approximate surface area is 213 Å². The van der Waals surface area contributed by atoms with Gasteiger partial charge in [0, 0.05) is 11.3 Å². The molecule has 1 aliphatic rings. The minimum atomic E-state index is -1.06. The standard InChI is InChI=1S/C28H25NO8/c1-35-19-8-5-4-7-18(19)25-24(26(32)23-20(36-2)9-6-10-21(23)37-3)27(33)28(34)29(25)17-13-11-16(12-14-17)15-22(30)31/h4-14,25,32H,15H2,1-3H3,(H,30,31)/b26-24+. The Bertz CT molecular complexity index is 1370. The van der Waals surface area contributed by atoms with E-state index in [-0.39, 0.29) is 29.1 Å². The number of carboxylic acids is 1. The summed E-state index contributed by atoms with van der Waals surface area (Å²) in [7, 11) is 4.30. The minimum Gasteiger partial charge on any atom is -0.506 e. The summed E-state index contributed by atoms with van der Waals surface area (Å²) in [4.78, 5) is 39.3. The van der Waals surface area contributed by atoms with Gasteiger partial charge >= 0.3 is 5.97 Å². The van der Waals surface area contributed by atoms with Gasteiger partial charge in [-0.1, -0.05) is 36.4 Å². The molecule has 1 aliphatic heterocycles. The second-order valence-corrected chi connectivity index (χ2v) is 8.19. The van der Waals surface area contributed by atoms with Crippen LogP contribution in [0, 0.1) is 0 Å². The van der Waals surface area contributed by atoms with Crippen molar-refractivity contribution in [1.29, 1.82) is 0 Å². The van der Waals surface area contributed by atoms with E-state index in [2.05, 4.69) is 0 Å². The highest BCUT2D eigenvalue weighted by molar-refractivity contribution is 6.51. The molecule has 1 fully saturated rings. The van der Waals surface area contributed by atoms with Crippen LogP contribution in [0.3, 0.4) is 0 Å². The van der Waals surface area contributed by atoms with E-state index in [1.807, 2.05) is 0 Å². The number of anilines is 1. The number of benzene rings is 3.